The highest BCUT2D eigenvalue weighted by Crippen LogP contribution is 2.29. The number of rotatable bonds is 6. The molecule has 1 atom stereocenters. The van der Waals surface area contributed by atoms with Crippen LogP contribution in [0.5, 0.6) is 0 Å². The molecular formula is C23H30N4O2. The standard InChI is InChI=1S/C23H30N4O2/c1-26(2)21(19-11-12-20-18(14-19)10-7-13-27(20)3)16-25-23(29)22(28)24-15-17-8-5-4-6-9-17/h4-6,8-9,11-12,14,21H,7,10,13,15-16H2,1-3H3,(H,24,28)(H,25,29). The second kappa shape index (κ2) is 9.56. The van der Waals surface area contributed by atoms with E-state index >= 15 is 0 Å². The predicted octanol–water partition coefficient (Wildman–Crippen LogP) is 2.10. The van der Waals surface area contributed by atoms with E-state index in [1.54, 1.807) is 0 Å². The largest absolute Gasteiger partial charge is 0.374 e. The number of benzene rings is 2. The molecule has 0 bridgehead atoms. The number of likely N-dealkylation sites (N-methyl/N-ethyl adjacent to an activating group) is 1. The van der Waals surface area contributed by atoms with Gasteiger partial charge in [-0.25, -0.2) is 0 Å². The van der Waals surface area contributed by atoms with Gasteiger partial charge >= 0.3 is 11.8 Å². The monoisotopic (exact) mass is 394 g/mol. The van der Waals surface area contributed by atoms with Crippen molar-refractivity contribution in [2.24, 2.45) is 0 Å². The highest BCUT2D eigenvalue weighted by molar-refractivity contribution is 6.35. The summed E-state index contributed by atoms with van der Waals surface area (Å²) in [5.74, 6) is -1.22. The zero-order valence-corrected chi connectivity index (χ0v) is 17.4. The highest BCUT2D eigenvalue weighted by atomic mass is 16.2. The summed E-state index contributed by atoms with van der Waals surface area (Å²) in [6, 6.07) is 16.1. The van der Waals surface area contributed by atoms with Crippen LogP contribution in [0.4, 0.5) is 5.69 Å². The van der Waals surface area contributed by atoms with E-state index in [2.05, 4.69) is 45.7 Å². The maximum Gasteiger partial charge on any atom is 0.309 e. The molecule has 2 aromatic rings. The van der Waals surface area contributed by atoms with Gasteiger partial charge in [-0.3, -0.25) is 9.59 Å². The minimum Gasteiger partial charge on any atom is -0.374 e. The Kier molecular flexibility index (Phi) is 6.88. The van der Waals surface area contributed by atoms with Crippen molar-refractivity contribution < 1.29 is 9.59 Å². The zero-order chi connectivity index (χ0) is 20.8. The molecule has 154 valence electrons. The van der Waals surface area contributed by atoms with Gasteiger partial charge in [0.15, 0.2) is 0 Å². The van der Waals surface area contributed by atoms with Crippen LogP contribution in [0.2, 0.25) is 0 Å². The molecule has 29 heavy (non-hydrogen) atoms. The Morgan fingerprint density at radius 1 is 1.07 bits per heavy atom. The molecule has 6 nitrogen and oxygen atoms in total. The number of carbonyl (C=O) groups excluding carboxylic acids is 2. The van der Waals surface area contributed by atoms with E-state index in [0.29, 0.717) is 13.1 Å². The first-order valence-electron chi connectivity index (χ1n) is 10.1. The number of hydrogen-bond donors (Lipinski definition) is 2. The fourth-order valence-corrected chi connectivity index (χ4v) is 3.74. The number of fused-ring (bicyclic) bond motifs is 1. The van der Waals surface area contributed by atoms with Gasteiger partial charge in [0.05, 0.1) is 6.04 Å². The second-order valence-electron chi connectivity index (χ2n) is 7.77. The van der Waals surface area contributed by atoms with Crippen LogP contribution < -0.4 is 15.5 Å². The van der Waals surface area contributed by atoms with Crippen LogP contribution in [0.3, 0.4) is 0 Å². The van der Waals surface area contributed by atoms with Crippen molar-refractivity contribution in [1.29, 1.82) is 0 Å². The lowest BCUT2D eigenvalue weighted by molar-refractivity contribution is -0.139. The van der Waals surface area contributed by atoms with Crippen molar-refractivity contribution in [3.8, 4) is 0 Å². The van der Waals surface area contributed by atoms with Crippen molar-refractivity contribution in [3.63, 3.8) is 0 Å². The van der Waals surface area contributed by atoms with E-state index < -0.39 is 11.8 Å². The van der Waals surface area contributed by atoms with Gasteiger partial charge in [0.25, 0.3) is 0 Å². The van der Waals surface area contributed by atoms with Gasteiger partial charge in [0, 0.05) is 32.4 Å². The summed E-state index contributed by atoms with van der Waals surface area (Å²) in [7, 11) is 6.09. The van der Waals surface area contributed by atoms with E-state index in [1.807, 2.05) is 44.4 Å². The molecule has 0 saturated heterocycles. The molecule has 1 unspecified atom stereocenters. The summed E-state index contributed by atoms with van der Waals surface area (Å²) >= 11 is 0. The fourth-order valence-electron chi connectivity index (χ4n) is 3.74. The van der Waals surface area contributed by atoms with Gasteiger partial charge in [-0.2, -0.15) is 0 Å². The highest BCUT2D eigenvalue weighted by Gasteiger charge is 2.21. The minimum atomic E-state index is -0.613. The van der Waals surface area contributed by atoms with Crippen molar-refractivity contribution in [3.05, 3.63) is 65.2 Å². The lowest BCUT2D eigenvalue weighted by Gasteiger charge is -2.30. The van der Waals surface area contributed by atoms with E-state index in [4.69, 9.17) is 0 Å². The van der Waals surface area contributed by atoms with Crippen molar-refractivity contribution in [2.75, 3.05) is 39.1 Å². The Labute approximate surface area is 172 Å². The smallest absolute Gasteiger partial charge is 0.309 e. The Bertz CT molecular complexity index is 851. The molecule has 1 aliphatic heterocycles. The predicted molar refractivity (Wildman–Crippen MR) is 116 cm³/mol. The number of amides is 2. The lowest BCUT2D eigenvalue weighted by Crippen LogP contribution is -2.43. The molecule has 0 saturated carbocycles. The Hall–Kier alpha value is -2.86. The average Bonchev–Trinajstić information content (AvgIpc) is 2.72. The van der Waals surface area contributed by atoms with Crippen LogP contribution >= 0.6 is 0 Å². The van der Waals surface area contributed by atoms with Gasteiger partial charge in [-0.15, -0.1) is 0 Å². The Morgan fingerprint density at radius 3 is 2.52 bits per heavy atom. The first kappa shape index (κ1) is 20.9. The quantitative estimate of drug-likeness (QED) is 0.737. The van der Waals surface area contributed by atoms with E-state index in [0.717, 1.165) is 30.5 Å². The molecule has 1 heterocycles. The summed E-state index contributed by atoms with van der Waals surface area (Å²) in [6.07, 6.45) is 2.22. The van der Waals surface area contributed by atoms with Crippen LogP contribution in [0.25, 0.3) is 0 Å². The molecule has 0 radical (unpaired) electrons. The molecule has 3 rings (SSSR count). The van der Waals surface area contributed by atoms with Crippen molar-refractivity contribution in [1.82, 2.24) is 15.5 Å². The van der Waals surface area contributed by atoms with Crippen LogP contribution in [-0.4, -0.2) is 50.9 Å². The number of hydrogen-bond acceptors (Lipinski definition) is 4. The van der Waals surface area contributed by atoms with Crippen LogP contribution in [-0.2, 0) is 22.6 Å². The van der Waals surface area contributed by atoms with E-state index in [9.17, 15) is 9.59 Å². The van der Waals surface area contributed by atoms with Gasteiger partial charge in [-0.05, 0) is 49.7 Å². The fraction of sp³-hybridized carbons (Fsp3) is 0.391. The number of aryl methyl sites for hydroxylation is 1. The summed E-state index contributed by atoms with van der Waals surface area (Å²) < 4.78 is 0. The Morgan fingerprint density at radius 2 is 1.79 bits per heavy atom. The van der Waals surface area contributed by atoms with Crippen LogP contribution in [0, 0.1) is 0 Å². The molecule has 2 amide bonds. The van der Waals surface area contributed by atoms with Gasteiger partial charge < -0.3 is 20.4 Å². The molecule has 2 aromatic carbocycles. The SMILES string of the molecule is CN1CCCc2cc(C(CNC(=O)C(=O)NCc3ccccc3)N(C)C)ccc21. The zero-order valence-electron chi connectivity index (χ0n) is 17.4. The molecule has 1 aliphatic rings. The third-order valence-corrected chi connectivity index (χ3v) is 5.42. The van der Waals surface area contributed by atoms with Crippen molar-refractivity contribution in [2.45, 2.75) is 25.4 Å². The van der Waals surface area contributed by atoms with Gasteiger partial charge in [0.1, 0.15) is 0 Å². The first-order valence-corrected chi connectivity index (χ1v) is 10.1. The molecule has 6 heteroatoms. The topological polar surface area (TPSA) is 64.7 Å². The lowest BCUT2D eigenvalue weighted by atomic mass is 9.96. The number of carbonyl (C=O) groups is 2. The maximum atomic E-state index is 12.2. The third-order valence-electron chi connectivity index (χ3n) is 5.42. The minimum absolute atomic E-state index is 0.00148. The summed E-state index contributed by atoms with van der Waals surface area (Å²) in [5.41, 5.74) is 4.73. The molecular weight excluding hydrogens is 364 g/mol. The van der Waals surface area contributed by atoms with Gasteiger partial charge in [0.2, 0.25) is 0 Å². The molecule has 0 aromatic heterocycles. The third kappa shape index (κ3) is 5.35. The maximum absolute atomic E-state index is 12.2. The van der Waals surface area contributed by atoms with E-state index in [-0.39, 0.29) is 6.04 Å². The van der Waals surface area contributed by atoms with Crippen LogP contribution in [0.1, 0.15) is 29.2 Å². The summed E-state index contributed by atoms with van der Waals surface area (Å²) in [5, 5.41) is 5.45. The molecule has 2 N–H and O–H groups in total. The molecule has 0 fully saturated rings. The van der Waals surface area contributed by atoms with E-state index in [1.165, 1.54) is 11.3 Å². The normalized spacial score (nSPS) is 14.3. The first-order chi connectivity index (χ1) is 14.0. The average molecular weight is 395 g/mol. The summed E-state index contributed by atoms with van der Waals surface area (Å²) in [6.45, 7) is 1.79. The second-order valence-corrected chi connectivity index (χ2v) is 7.77. The van der Waals surface area contributed by atoms with Gasteiger partial charge in [-0.1, -0.05) is 42.5 Å². The Balaban J connectivity index is 1.59. The number of nitrogens with zero attached hydrogens (tertiary/aromatic N) is 2. The number of nitrogens with one attached hydrogen (secondary N) is 2. The summed E-state index contributed by atoms with van der Waals surface area (Å²) in [4.78, 5) is 28.7. The van der Waals surface area contributed by atoms with Crippen LogP contribution in [0.15, 0.2) is 48.5 Å². The molecule has 0 spiro atoms. The molecule has 0 aliphatic carbocycles. The van der Waals surface area contributed by atoms with Crippen molar-refractivity contribution >= 4 is 17.5 Å². The number of anilines is 1.